The Bertz CT molecular complexity index is 141. The van der Waals surface area contributed by atoms with Gasteiger partial charge in [-0.15, -0.1) is 0 Å². The number of hydrogen-bond donors (Lipinski definition) is 0. The molecule has 0 radical (unpaired) electrons. The van der Waals surface area contributed by atoms with Gasteiger partial charge in [-0.05, 0) is 43.7 Å². The van der Waals surface area contributed by atoms with Crippen LogP contribution in [0.25, 0.3) is 0 Å². The molecule has 0 unspecified atom stereocenters. The Kier molecular flexibility index (Phi) is 5.00. The van der Waals surface area contributed by atoms with E-state index >= 15 is 0 Å². The fraction of sp³-hybridized carbons (Fsp3) is 0.889. The molecule has 1 rings (SSSR count). The van der Waals surface area contributed by atoms with E-state index in [4.69, 9.17) is 17.0 Å². The molecule has 1 fully saturated rings. The average molecular weight is 204 g/mol. The van der Waals surface area contributed by atoms with E-state index in [-0.39, 0.29) is 0 Å². The molecule has 0 amide bonds. The lowest BCUT2D eigenvalue weighted by Gasteiger charge is -2.22. The Hall–Kier alpha value is 0.240. The largest absolute Gasteiger partial charge is 0.475 e. The highest BCUT2D eigenvalue weighted by Gasteiger charge is 2.15. The van der Waals surface area contributed by atoms with E-state index < -0.39 is 0 Å². The maximum atomic E-state index is 5.63. The second-order valence-electron chi connectivity index (χ2n) is 3.06. The first kappa shape index (κ1) is 10.3. The Morgan fingerprint density at radius 3 is 2.67 bits per heavy atom. The van der Waals surface area contributed by atoms with E-state index in [0.717, 1.165) is 10.1 Å². The van der Waals surface area contributed by atoms with Crippen molar-refractivity contribution in [3.63, 3.8) is 0 Å². The molecular weight excluding hydrogens is 188 g/mol. The van der Waals surface area contributed by atoms with Crippen LogP contribution in [-0.4, -0.2) is 16.2 Å². The second kappa shape index (κ2) is 5.81. The monoisotopic (exact) mass is 204 g/mol. The molecule has 0 aliphatic heterocycles. The third-order valence-corrected chi connectivity index (χ3v) is 3.15. The molecule has 0 aromatic carbocycles. The van der Waals surface area contributed by atoms with Crippen LogP contribution in [0.5, 0.6) is 0 Å². The lowest BCUT2D eigenvalue weighted by molar-refractivity contribution is 0.153. The maximum absolute atomic E-state index is 5.63. The van der Waals surface area contributed by atoms with E-state index in [9.17, 15) is 0 Å². The van der Waals surface area contributed by atoms with Crippen LogP contribution in [0.1, 0.15) is 39.0 Å². The second-order valence-corrected chi connectivity index (χ2v) is 4.93. The third kappa shape index (κ3) is 3.76. The predicted molar refractivity (Wildman–Crippen MR) is 58.7 cm³/mol. The summed E-state index contributed by atoms with van der Waals surface area (Å²) in [5, 5.41) is 0. The van der Waals surface area contributed by atoms with Crippen molar-refractivity contribution in [2.24, 2.45) is 0 Å². The fourth-order valence-corrected chi connectivity index (χ4v) is 2.40. The van der Waals surface area contributed by atoms with E-state index in [2.05, 4.69) is 6.92 Å². The highest BCUT2D eigenvalue weighted by molar-refractivity contribution is 8.22. The molecule has 0 spiro atoms. The molecule has 0 bridgehead atoms. The number of thioether (sulfide) groups is 1. The first-order chi connectivity index (χ1) is 5.83. The zero-order chi connectivity index (χ0) is 8.81. The smallest absolute Gasteiger partial charge is 0.220 e. The summed E-state index contributed by atoms with van der Waals surface area (Å²) < 4.78 is 6.37. The normalized spacial score (nSPS) is 19.1. The van der Waals surface area contributed by atoms with E-state index in [1.165, 1.54) is 32.1 Å². The third-order valence-electron chi connectivity index (χ3n) is 2.08. The van der Waals surface area contributed by atoms with Crippen LogP contribution in [0.2, 0.25) is 0 Å². The number of ether oxygens (including phenoxy) is 1. The van der Waals surface area contributed by atoms with Gasteiger partial charge >= 0.3 is 0 Å². The van der Waals surface area contributed by atoms with E-state index in [1.54, 1.807) is 11.8 Å². The lowest BCUT2D eigenvalue weighted by Crippen LogP contribution is -2.18. The Morgan fingerprint density at radius 1 is 1.42 bits per heavy atom. The number of thiocarbonyl (C=S) groups is 1. The number of rotatable bonds is 2. The summed E-state index contributed by atoms with van der Waals surface area (Å²) in [6.45, 7) is 2.10. The van der Waals surface area contributed by atoms with Crippen molar-refractivity contribution >= 4 is 28.4 Å². The summed E-state index contributed by atoms with van der Waals surface area (Å²) in [6.07, 6.45) is 6.81. The van der Waals surface area contributed by atoms with E-state index in [0.29, 0.717) is 6.10 Å². The summed E-state index contributed by atoms with van der Waals surface area (Å²) in [6, 6.07) is 0. The van der Waals surface area contributed by atoms with Gasteiger partial charge in [-0.1, -0.05) is 25.1 Å². The summed E-state index contributed by atoms with van der Waals surface area (Å²) in [5.74, 6) is 1.02. The highest BCUT2D eigenvalue weighted by atomic mass is 32.2. The minimum Gasteiger partial charge on any atom is -0.475 e. The van der Waals surface area contributed by atoms with Gasteiger partial charge in [0.1, 0.15) is 6.10 Å². The van der Waals surface area contributed by atoms with Gasteiger partial charge in [0.2, 0.25) is 4.38 Å². The van der Waals surface area contributed by atoms with E-state index in [1.807, 2.05) is 0 Å². The molecule has 1 saturated carbocycles. The van der Waals surface area contributed by atoms with Gasteiger partial charge in [0.15, 0.2) is 0 Å². The molecule has 12 heavy (non-hydrogen) atoms. The first-order valence-corrected chi connectivity index (χ1v) is 6.05. The molecule has 0 heterocycles. The molecule has 70 valence electrons. The molecule has 0 saturated heterocycles. The van der Waals surface area contributed by atoms with Crippen molar-refractivity contribution < 1.29 is 4.74 Å². The van der Waals surface area contributed by atoms with Gasteiger partial charge in [0, 0.05) is 0 Å². The van der Waals surface area contributed by atoms with Gasteiger partial charge in [-0.2, -0.15) is 0 Å². The van der Waals surface area contributed by atoms with Crippen molar-refractivity contribution in [2.45, 2.75) is 45.1 Å². The molecule has 0 atom stereocenters. The Labute approximate surface area is 84.2 Å². The topological polar surface area (TPSA) is 9.23 Å². The van der Waals surface area contributed by atoms with Gasteiger partial charge in [-0.3, -0.25) is 0 Å². The van der Waals surface area contributed by atoms with Crippen LogP contribution in [0.15, 0.2) is 0 Å². The van der Waals surface area contributed by atoms with Gasteiger partial charge in [0.05, 0.1) is 0 Å². The number of hydrogen-bond acceptors (Lipinski definition) is 3. The minimum atomic E-state index is 0.422. The van der Waals surface area contributed by atoms with Crippen molar-refractivity contribution in [3.05, 3.63) is 0 Å². The fourth-order valence-electron chi connectivity index (χ4n) is 1.47. The van der Waals surface area contributed by atoms with Crippen molar-refractivity contribution in [3.8, 4) is 0 Å². The maximum Gasteiger partial charge on any atom is 0.220 e. The molecule has 0 aromatic rings. The van der Waals surface area contributed by atoms with Gasteiger partial charge in [0.25, 0.3) is 0 Å². The van der Waals surface area contributed by atoms with Crippen LogP contribution in [0.3, 0.4) is 0 Å². The average Bonchev–Trinajstić information content (AvgIpc) is 2.06. The van der Waals surface area contributed by atoms with Crippen molar-refractivity contribution in [1.29, 1.82) is 0 Å². The van der Waals surface area contributed by atoms with Gasteiger partial charge < -0.3 is 4.74 Å². The quantitative estimate of drug-likeness (QED) is 0.638. The van der Waals surface area contributed by atoms with Gasteiger partial charge in [-0.25, -0.2) is 0 Å². The molecule has 0 aromatic heterocycles. The summed E-state index contributed by atoms with van der Waals surface area (Å²) in [4.78, 5) is 0. The lowest BCUT2D eigenvalue weighted by atomic mass is 9.98. The highest BCUT2D eigenvalue weighted by Crippen LogP contribution is 2.22. The molecule has 1 nitrogen and oxygen atoms in total. The molecular formula is C9H16OS2. The Balaban J connectivity index is 2.15. The minimum absolute atomic E-state index is 0.422. The SMILES string of the molecule is CCSC(=S)OC1CCCCC1. The summed E-state index contributed by atoms with van der Waals surface area (Å²) >= 11 is 6.71. The first-order valence-electron chi connectivity index (χ1n) is 4.66. The zero-order valence-corrected chi connectivity index (χ0v) is 9.18. The Morgan fingerprint density at radius 2 is 2.08 bits per heavy atom. The molecule has 0 N–H and O–H groups in total. The predicted octanol–water partition coefficient (Wildman–Crippen LogP) is 3.37. The van der Waals surface area contributed by atoms with Crippen LogP contribution < -0.4 is 0 Å². The van der Waals surface area contributed by atoms with Crippen LogP contribution >= 0.6 is 24.0 Å². The molecule has 1 aliphatic rings. The molecule has 3 heteroatoms. The molecule has 1 aliphatic carbocycles. The standard InChI is InChI=1S/C9H16OS2/c1-2-12-9(11)10-8-6-4-3-5-7-8/h8H,2-7H2,1H3. The van der Waals surface area contributed by atoms with Crippen molar-refractivity contribution in [2.75, 3.05) is 5.75 Å². The van der Waals surface area contributed by atoms with Crippen LogP contribution in [0.4, 0.5) is 0 Å². The van der Waals surface area contributed by atoms with Crippen LogP contribution in [-0.2, 0) is 4.74 Å². The van der Waals surface area contributed by atoms with Crippen molar-refractivity contribution in [1.82, 2.24) is 0 Å². The zero-order valence-electron chi connectivity index (χ0n) is 7.54. The van der Waals surface area contributed by atoms with Crippen LogP contribution in [0, 0.1) is 0 Å². The summed E-state index contributed by atoms with van der Waals surface area (Å²) in [5.41, 5.74) is 0. The summed E-state index contributed by atoms with van der Waals surface area (Å²) in [7, 11) is 0.